The molecule has 0 fully saturated rings. The lowest BCUT2D eigenvalue weighted by molar-refractivity contribution is 0.317. The predicted octanol–water partition coefficient (Wildman–Crippen LogP) is 3.67. The average molecular weight is 243 g/mol. The second-order valence-corrected chi connectivity index (χ2v) is 5.23. The Hall–Kier alpha value is 0.01000. The van der Waals surface area contributed by atoms with E-state index >= 15 is 0 Å². The summed E-state index contributed by atoms with van der Waals surface area (Å²) >= 11 is 5.99. The number of hydrogen-bond donors (Lipinski definition) is 1. The first-order valence-corrected chi connectivity index (χ1v) is 7.21. The molecule has 0 saturated carbocycles. The Morgan fingerprint density at radius 3 is 2.73 bits per heavy atom. The molecule has 0 N–H and O–H groups in total. The van der Waals surface area contributed by atoms with Crippen LogP contribution in [0.15, 0.2) is 16.8 Å². The molecule has 0 aliphatic carbocycles. The standard InChI is InChI=1S/C12H21NS2/c1-13(7-4-2-3-5-8-14)10-12-6-9-15-11-12/h6,9,11,14H,2-5,7-8,10H2,1H3. The van der Waals surface area contributed by atoms with Gasteiger partial charge < -0.3 is 4.90 Å². The van der Waals surface area contributed by atoms with Crippen LogP contribution in [0, 0.1) is 0 Å². The first-order valence-electron chi connectivity index (χ1n) is 5.63. The van der Waals surface area contributed by atoms with E-state index in [-0.39, 0.29) is 0 Å². The molecule has 1 heterocycles. The fraction of sp³-hybridized carbons (Fsp3) is 0.667. The van der Waals surface area contributed by atoms with Crippen molar-refractivity contribution >= 4 is 24.0 Å². The van der Waals surface area contributed by atoms with Gasteiger partial charge in [0, 0.05) is 6.54 Å². The van der Waals surface area contributed by atoms with Gasteiger partial charge in [0.15, 0.2) is 0 Å². The van der Waals surface area contributed by atoms with Gasteiger partial charge in [-0.05, 0) is 54.6 Å². The summed E-state index contributed by atoms with van der Waals surface area (Å²) in [6, 6.07) is 2.21. The summed E-state index contributed by atoms with van der Waals surface area (Å²) < 4.78 is 0. The molecular weight excluding hydrogens is 222 g/mol. The van der Waals surface area contributed by atoms with Crippen LogP contribution in [0.2, 0.25) is 0 Å². The van der Waals surface area contributed by atoms with E-state index in [1.54, 1.807) is 11.3 Å². The Labute approximate surface area is 103 Å². The molecule has 0 aromatic carbocycles. The van der Waals surface area contributed by atoms with Crippen molar-refractivity contribution in [2.24, 2.45) is 0 Å². The topological polar surface area (TPSA) is 3.24 Å². The maximum Gasteiger partial charge on any atom is 0.0238 e. The van der Waals surface area contributed by atoms with E-state index in [1.807, 2.05) is 0 Å². The van der Waals surface area contributed by atoms with Crippen molar-refractivity contribution < 1.29 is 0 Å². The van der Waals surface area contributed by atoms with Crippen molar-refractivity contribution in [3.05, 3.63) is 22.4 Å². The van der Waals surface area contributed by atoms with Crippen molar-refractivity contribution in [1.82, 2.24) is 4.90 Å². The monoisotopic (exact) mass is 243 g/mol. The summed E-state index contributed by atoms with van der Waals surface area (Å²) in [6.07, 6.45) is 5.25. The quantitative estimate of drug-likeness (QED) is 0.538. The highest BCUT2D eigenvalue weighted by atomic mass is 32.1. The summed E-state index contributed by atoms with van der Waals surface area (Å²) in [4.78, 5) is 2.41. The van der Waals surface area contributed by atoms with Crippen LogP contribution >= 0.6 is 24.0 Å². The van der Waals surface area contributed by atoms with Gasteiger partial charge in [-0.25, -0.2) is 0 Å². The third-order valence-corrected chi connectivity index (χ3v) is 3.53. The predicted molar refractivity (Wildman–Crippen MR) is 73.0 cm³/mol. The van der Waals surface area contributed by atoms with Crippen LogP contribution in [0.25, 0.3) is 0 Å². The van der Waals surface area contributed by atoms with Crippen molar-refractivity contribution in [2.75, 3.05) is 19.3 Å². The summed E-state index contributed by atoms with van der Waals surface area (Å²) in [5.74, 6) is 1.03. The normalized spacial score (nSPS) is 11.1. The minimum atomic E-state index is 1.03. The Kier molecular flexibility index (Phi) is 7.14. The van der Waals surface area contributed by atoms with E-state index < -0.39 is 0 Å². The molecule has 0 spiro atoms. The number of thiol groups is 1. The van der Waals surface area contributed by atoms with Crippen molar-refractivity contribution in [3.63, 3.8) is 0 Å². The van der Waals surface area contributed by atoms with E-state index in [4.69, 9.17) is 0 Å². The number of nitrogens with zero attached hydrogens (tertiary/aromatic N) is 1. The van der Waals surface area contributed by atoms with E-state index in [0.29, 0.717) is 0 Å². The van der Waals surface area contributed by atoms with Crippen LogP contribution in [-0.4, -0.2) is 24.2 Å². The molecule has 1 aromatic heterocycles. The van der Waals surface area contributed by atoms with E-state index in [9.17, 15) is 0 Å². The number of thiophene rings is 1. The van der Waals surface area contributed by atoms with Gasteiger partial charge in [0.25, 0.3) is 0 Å². The minimum Gasteiger partial charge on any atom is -0.302 e. The van der Waals surface area contributed by atoms with E-state index in [0.717, 1.165) is 12.3 Å². The summed E-state index contributed by atoms with van der Waals surface area (Å²) in [6.45, 7) is 2.30. The van der Waals surface area contributed by atoms with Crippen LogP contribution in [0.5, 0.6) is 0 Å². The molecule has 0 aliphatic rings. The highest BCUT2D eigenvalue weighted by Crippen LogP contribution is 2.09. The molecule has 0 atom stereocenters. The first kappa shape index (κ1) is 13.1. The Morgan fingerprint density at radius 2 is 2.07 bits per heavy atom. The van der Waals surface area contributed by atoms with Gasteiger partial charge in [-0.1, -0.05) is 12.8 Å². The van der Waals surface area contributed by atoms with Crippen molar-refractivity contribution in [3.8, 4) is 0 Å². The Morgan fingerprint density at radius 1 is 1.27 bits per heavy atom. The summed E-state index contributed by atoms with van der Waals surface area (Å²) in [5.41, 5.74) is 1.44. The van der Waals surface area contributed by atoms with Gasteiger partial charge in [0.2, 0.25) is 0 Å². The zero-order valence-electron chi connectivity index (χ0n) is 9.48. The minimum absolute atomic E-state index is 1.03. The SMILES string of the molecule is CN(CCCCCCS)Cc1ccsc1. The largest absolute Gasteiger partial charge is 0.302 e. The van der Waals surface area contributed by atoms with Crippen molar-refractivity contribution in [1.29, 1.82) is 0 Å². The first-order chi connectivity index (χ1) is 7.33. The fourth-order valence-electron chi connectivity index (χ4n) is 1.62. The van der Waals surface area contributed by atoms with E-state index in [1.165, 1.54) is 37.8 Å². The molecule has 1 rings (SSSR count). The highest BCUT2D eigenvalue weighted by Gasteiger charge is 2.00. The van der Waals surface area contributed by atoms with E-state index in [2.05, 4.69) is 41.4 Å². The van der Waals surface area contributed by atoms with Crippen LogP contribution in [-0.2, 0) is 6.54 Å². The molecule has 0 aliphatic heterocycles. The van der Waals surface area contributed by atoms with Crippen LogP contribution in [0.3, 0.4) is 0 Å². The molecule has 0 saturated heterocycles. The zero-order chi connectivity index (χ0) is 10.9. The third kappa shape index (κ3) is 6.23. The smallest absolute Gasteiger partial charge is 0.0238 e. The Balaban J connectivity index is 2.01. The highest BCUT2D eigenvalue weighted by molar-refractivity contribution is 7.80. The van der Waals surface area contributed by atoms with Crippen LogP contribution in [0.1, 0.15) is 31.2 Å². The molecule has 3 heteroatoms. The van der Waals surface area contributed by atoms with Gasteiger partial charge in [0.05, 0.1) is 0 Å². The van der Waals surface area contributed by atoms with Crippen LogP contribution in [0.4, 0.5) is 0 Å². The number of hydrogen-bond acceptors (Lipinski definition) is 3. The molecule has 0 amide bonds. The molecule has 0 unspecified atom stereocenters. The van der Waals surface area contributed by atoms with Crippen molar-refractivity contribution in [2.45, 2.75) is 32.2 Å². The lowest BCUT2D eigenvalue weighted by Gasteiger charge is -2.15. The second-order valence-electron chi connectivity index (χ2n) is 4.01. The number of unbranched alkanes of at least 4 members (excludes halogenated alkanes) is 3. The molecule has 1 aromatic rings. The molecule has 15 heavy (non-hydrogen) atoms. The third-order valence-electron chi connectivity index (χ3n) is 2.48. The van der Waals surface area contributed by atoms with Gasteiger partial charge in [0.1, 0.15) is 0 Å². The maximum atomic E-state index is 4.21. The molecule has 86 valence electrons. The lowest BCUT2D eigenvalue weighted by Crippen LogP contribution is -2.18. The van der Waals surface area contributed by atoms with Crippen LogP contribution < -0.4 is 0 Å². The maximum absolute atomic E-state index is 4.21. The molecular formula is C12H21NS2. The van der Waals surface area contributed by atoms with Gasteiger partial charge in [-0.15, -0.1) is 0 Å². The van der Waals surface area contributed by atoms with Gasteiger partial charge in [-0.2, -0.15) is 24.0 Å². The second kappa shape index (κ2) is 8.20. The summed E-state index contributed by atoms with van der Waals surface area (Å²) in [5, 5.41) is 4.38. The average Bonchev–Trinajstić information content (AvgIpc) is 2.70. The lowest BCUT2D eigenvalue weighted by atomic mass is 10.2. The molecule has 0 radical (unpaired) electrons. The fourth-order valence-corrected chi connectivity index (χ4v) is 2.50. The summed E-state index contributed by atoms with van der Waals surface area (Å²) in [7, 11) is 2.20. The van der Waals surface area contributed by atoms with Gasteiger partial charge >= 0.3 is 0 Å². The molecule has 1 nitrogen and oxygen atoms in total. The zero-order valence-corrected chi connectivity index (χ0v) is 11.2. The Bertz CT molecular complexity index is 234. The molecule has 0 bridgehead atoms. The van der Waals surface area contributed by atoms with Gasteiger partial charge in [-0.3, -0.25) is 0 Å². The number of rotatable bonds is 8.